The highest BCUT2D eigenvalue weighted by atomic mass is 32.2. The molecule has 0 bridgehead atoms. The molecule has 2 aromatic rings. The first-order valence-electron chi connectivity index (χ1n) is 8.44. The zero-order chi connectivity index (χ0) is 19.7. The molecule has 1 aliphatic carbocycles. The number of hydrogen-bond donors (Lipinski definition) is 0. The quantitative estimate of drug-likeness (QED) is 0.777. The van der Waals surface area contributed by atoms with E-state index in [1.54, 1.807) is 36.4 Å². The second-order valence-corrected chi connectivity index (χ2v) is 8.95. The fourth-order valence-corrected chi connectivity index (χ4v) is 4.66. The van der Waals surface area contributed by atoms with Crippen molar-refractivity contribution in [1.29, 1.82) is 0 Å². The Morgan fingerprint density at radius 3 is 2.43 bits per heavy atom. The van der Waals surface area contributed by atoms with Gasteiger partial charge in [-0.3, -0.25) is 9.79 Å². The molecule has 0 amide bonds. The third kappa shape index (κ3) is 3.61. The number of carbonyl (C=O) groups is 1. The van der Waals surface area contributed by atoms with Gasteiger partial charge in [0.1, 0.15) is 11.4 Å². The summed E-state index contributed by atoms with van der Waals surface area (Å²) in [5, 5.41) is 0.680. The second-order valence-electron chi connectivity index (χ2n) is 6.23. The number of aliphatic imine (C=N–C) groups is 2. The summed E-state index contributed by atoms with van der Waals surface area (Å²) < 4.78 is 29.6. The van der Waals surface area contributed by atoms with Crippen LogP contribution < -0.4 is 0 Å². The van der Waals surface area contributed by atoms with Gasteiger partial charge in [-0.05, 0) is 25.1 Å². The summed E-state index contributed by atoms with van der Waals surface area (Å²) in [6.45, 7) is 2.29. The summed E-state index contributed by atoms with van der Waals surface area (Å²) in [6.07, 6.45) is 2.96. The second kappa shape index (κ2) is 7.29. The molecule has 4 rings (SSSR count). The Morgan fingerprint density at radius 1 is 1.04 bits per heavy atom. The average Bonchev–Trinajstić information content (AvgIpc) is 3.19. The molecule has 6 nitrogen and oxygen atoms in total. The number of sulfonamides is 1. The molecule has 0 fully saturated rings. The van der Waals surface area contributed by atoms with Crippen LogP contribution in [0.5, 0.6) is 0 Å². The first kappa shape index (κ1) is 18.5. The highest BCUT2D eigenvalue weighted by Gasteiger charge is 2.27. The van der Waals surface area contributed by atoms with Crippen molar-refractivity contribution in [1.82, 2.24) is 0 Å². The molecule has 0 aromatic heterocycles. The zero-order valence-electron chi connectivity index (χ0n) is 14.9. The van der Waals surface area contributed by atoms with Crippen LogP contribution in [0.4, 0.5) is 0 Å². The van der Waals surface area contributed by atoms with Crippen LogP contribution in [0.3, 0.4) is 0 Å². The lowest BCUT2D eigenvalue weighted by molar-refractivity contribution is 0.104. The molecule has 140 valence electrons. The van der Waals surface area contributed by atoms with Gasteiger partial charge >= 0.3 is 0 Å². The minimum atomic E-state index is -3.92. The van der Waals surface area contributed by atoms with Crippen molar-refractivity contribution in [2.75, 3.05) is 6.54 Å². The van der Waals surface area contributed by atoms with E-state index in [1.165, 1.54) is 36.3 Å². The standard InChI is InChI=1S/C20H15N3O3S2/c1-13-6-8-14(9-7-13)28(25,26)23-17-10-18(27-19-11-21-12-22-19)20(24)16-5-3-2-4-15(16)17/h2-10,12H,11H2,1H3. The summed E-state index contributed by atoms with van der Waals surface area (Å²) >= 11 is 1.19. The Kier molecular flexibility index (Phi) is 4.82. The maximum absolute atomic E-state index is 12.8. The van der Waals surface area contributed by atoms with Crippen molar-refractivity contribution in [3.63, 3.8) is 0 Å². The highest BCUT2D eigenvalue weighted by Crippen LogP contribution is 2.31. The van der Waals surface area contributed by atoms with Crippen LogP contribution in [0.1, 0.15) is 21.5 Å². The van der Waals surface area contributed by atoms with Crippen LogP contribution in [0, 0.1) is 6.92 Å². The Labute approximate surface area is 166 Å². The molecule has 1 aliphatic heterocycles. The Bertz CT molecular complexity index is 1190. The fraction of sp³-hybridized carbons (Fsp3) is 0.100. The number of fused-ring (bicyclic) bond motifs is 1. The van der Waals surface area contributed by atoms with E-state index in [1.807, 2.05) is 6.92 Å². The molecular weight excluding hydrogens is 394 g/mol. The van der Waals surface area contributed by atoms with Gasteiger partial charge in [-0.2, -0.15) is 12.8 Å². The van der Waals surface area contributed by atoms with Crippen molar-refractivity contribution in [2.45, 2.75) is 11.8 Å². The SMILES string of the molecule is Cc1ccc(S(=O)(=O)N=C2C=C(SC3=NC=NC3)C(=O)c3ccccc32)cc1. The fourth-order valence-electron chi connectivity index (χ4n) is 2.80. The summed E-state index contributed by atoms with van der Waals surface area (Å²) in [4.78, 5) is 21.4. The molecule has 1 heterocycles. The molecule has 0 atom stereocenters. The van der Waals surface area contributed by atoms with Gasteiger partial charge in [0.2, 0.25) is 5.78 Å². The minimum absolute atomic E-state index is 0.108. The van der Waals surface area contributed by atoms with Gasteiger partial charge in [0, 0.05) is 11.1 Å². The summed E-state index contributed by atoms with van der Waals surface area (Å²) in [6, 6.07) is 13.4. The maximum atomic E-state index is 12.8. The van der Waals surface area contributed by atoms with Gasteiger partial charge in [0.15, 0.2) is 0 Å². The monoisotopic (exact) mass is 409 g/mol. The van der Waals surface area contributed by atoms with Gasteiger partial charge in [0.25, 0.3) is 10.0 Å². The molecule has 0 N–H and O–H groups in total. The van der Waals surface area contributed by atoms with Crippen LogP contribution in [-0.4, -0.2) is 37.8 Å². The van der Waals surface area contributed by atoms with E-state index in [9.17, 15) is 13.2 Å². The highest BCUT2D eigenvalue weighted by molar-refractivity contribution is 8.18. The number of nitrogens with zero attached hydrogens (tertiary/aromatic N) is 3. The molecule has 2 aromatic carbocycles. The summed E-state index contributed by atoms with van der Waals surface area (Å²) in [7, 11) is -3.92. The van der Waals surface area contributed by atoms with Crippen LogP contribution in [0.15, 0.2) is 78.8 Å². The van der Waals surface area contributed by atoms with E-state index in [0.29, 0.717) is 27.6 Å². The van der Waals surface area contributed by atoms with Crippen LogP contribution in [0.2, 0.25) is 0 Å². The third-order valence-corrected chi connectivity index (χ3v) is 6.51. The first-order valence-corrected chi connectivity index (χ1v) is 10.7. The van der Waals surface area contributed by atoms with Gasteiger partial charge in [0.05, 0.1) is 22.1 Å². The normalized spacial score (nSPS) is 17.5. The van der Waals surface area contributed by atoms with E-state index in [2.05, 4.69) is 14.4 Å². The topological polar surface area (TPSA) is 88.3 Å². The largest absolute Gasteiger partial charge is 0.288 e. The van der Waals surface area contributed by atoms with Crippen molar-refractivity contribution >= 4 is 44.7 Å². The minimum Gasteiger partial charge on any atom is -0.288 e. The third-order valence-electron chi connectivity index (χ3n) is 4.21. The number of rotatable bonds is 3. The molecule has 0 saturated carbocycles. The Hall–Kier alpha value is -2.84. The number of aryl methyl sites for hydroxylation is 1. The van der Waals surface area contributed by atoms with Crippen LogP contribution >= 0.6 is 11.8 Å². The smallest absolute Gasteiger partial charge is 0.282 e. The number of thioether (sulfide) groups is 1. The number of ketones is 1. The van der Waals surface area contributed by atoms with E-state index in [0.717, 1.165) is 5.56 Å². The predicted molar refractivity (Wildman–Crippen MR) is 112 cm³/mol. The molecule has 8 heteroatoms. The predicted octanol–water partition coefficient (Wildman–Crippen LogP) is 3.43. The summed E-state index contributed by atoms with van der Waals surface area (Å²) in [5.41, 5.74) is 2.11. The van der Waals surface area contributed by atoms with Crippen LogP contribution in [0.25, 0.3) is 0 Å². The molecule has 0 radical (unpaired) electrons. The molecule has 28 heavy (non-hydrogen) atoms. The number of hydrogen-bond acceptors (Lipinski definition) is 6. The molecular formula is C20H15N3O3S2. The van der Waals surface area contributed by atoms with E-state index < -0.39 is 10.0 Å². The van der Waals surface area contributed by atoms with Crippen molar-refractivity contribution < 1.29 is 13.2 Å². The maximum Gasteiger partial charge on any atom is 0.282 e. The van der Waals surface area contributed by atoms with Crippen LogP contribution in [-0.2, 0) is 10.0 Å². The number of benzene rings is 2. The van der Waals surface area contributed by atoms with Crippen molar-refractivity contribution in [2.24, 2.45) is 14.4 Å². The number of allylic oxidation sites excluding steroid dienone is 2. The zero-order valence-corrected chi connectivity index (χ0v) is 16.5. The van der Waals surface area contributed by atoms with E-state index >= 15 is 0 Å². The van der Waals surface area contributed by atoms with Gasteiger partial charge in [-0.25, -0.2) is 4.99 Å². The van der Waals surface area contributed by atoms with Crippen molar-refractivity contribution in [3.8, 4) is 0 Å². The Balaban J connectivity index is 1.80. The molecule has 0 saturated heterocycles. The molecule has 0 unspecified atom stereocenters. The lowest BCUT2D eigenvalue weighted by atomic mass is 9.94. The van der Waals surface area contributed by atoms with Crippen molar-refractivity contribution in [3.05, 3.63) is 76.2 Å². The average molecular weight is 409 g/mol. The summed E-state index contributed by atoms with van der Waals surface area (Å²) in [5.74, 6) is -0.179. The number of carbonyl (C=O) groups excluding carboxylic acids is 1. The lowest BCUT2D eigenvalue weighted by Crippen LogP contribution is -2.18. The molecule has 2 aliphatic rings. The van der Waals surface area contributed by atoms with Gasteiger partial charge in [-0.15, -0.1) is 0 Å². The van der Waals surface area contributed by atoms with Gasteiger partial charge in [-0.1, -0.05) is 53.7 Å². The lowest BCUT2D eigenvalue weighted by Gasteiger charge is -2.17. The van der Waals surface area contributed by atoms with E-state index in [-0.39, 0.29) is 16.4 Å². The number of Topliss-reactive ketones (excluding diaryl/α,β-unsaturated/α-hetero) is 1. The van der Waals surface area contributed by atoms with Gasteiger partial charge < -0.3 is 0 Å². The van der Waals surface area contributed by atoms with E-state index in [4.69, 9.17) is 0 Å². The first-order chi connectivity index (χ1) is 13.4. The Morgan fingerprint density at radius 2 is 1.75 bits per heavy atom. The molecule has 0 spiro atoms.